The summed E-state index contributed by atoms with van der Waals surface area (Å²) in [4.78, 5) is 14.3. The van der Waals surface area contributed by atoms with E-state index < -0.39 is 0 Å². The molecule has 1 aromatic rings. The molecule has 0 bridgehead atoms. The number of rotatable bonds is 6. The van der Waals surface area contributed by atoms with Crippen LogP contribution in [0.5, 0.6) is 5.75 Å². The third-order valence-electron chi connectivity index (χ3n) is 4.05. The lowest BCUT2D eigenvalue weighted by atomic mass is 10.0. The van der Waals surface area contributed by atoms with Crippen LogP contribution in [0.3, 0.4) is 0 Å². The van der Waals surface area contributed by atoms with Crippen molar-refractivity contribution in [1.29, 1.82) is 0 Å². The van der Waals surface area contributed by atoms with Crippen LogP contribution in [-0.4, -0.2) is 44.9 Å². The van der Waals surface area contributed by atoms with E-state index in [1.54, 1.807) is 14.0 Å². The van der Waals surface area contributed by atoms with Crippen LogP contribution in [0.2, 0.25) is 0 Å². The topological polar surface area (TPSA) is 50.8 Å². The molecule has 1 aliphatic rings. The van der Waals surface area contributed by atoms with Gasteiger partial charge in [0.15, 0.2) is 0 Å². The summed E-state index contributed by atoms with van der Waals surface area (Å²) in [5.74, 6) is 0.882. The molecule has 1 unspecified atom stereocenters. The van der Waals surface area contributed by atoms with Gasteiger partial charge in [0.2, 0.25) is 5.91 Å². The van der Waals surface area contributed by atoms with Crippen molar-refractivity contribution >= 4 is 11.6 Å². The van der Waals surface area contributed by atoms with Gasteiger partial charge in [0, 0.05) is 25.7 Å². The summed E-state index contributed by atoms with van der Waals surface area (Å²) in [6, 6.07) is 8.28. The Kier molecular flexibility index (Phi) is 6.07. The van der Waals surface area contributed by atoms with Gasteiger partial charge in [-0.25, -0.2) is 0 Å². The number of carbonyl (C=O) groups excluding carboxylic acids is 1. The van der Waals surface area contributed by atoms with E-state index in [4.69, 9.17) is 9.47 Å². The van der Waals surface area contributed by atoms with Crippen molar-refractivity contribution in [3.05, 3.63) is 24.3 Å². The van der Waals surface area contributed by atoms with Crippen molar-refractivity contribution in [2.24, 2.45) is 0 Å². The van der Waals surface area contributed by atoms with Crippen LogP contribution < -0.4 is 15.0 Å². The number of methoxy groups -OCH3 is 1. The van der Waals surface area contributed by atoms with Gasteiger partial charge in [0.05, 0.1) is 12.8 Å². The Labute approximate surface area is 132 Å². The summed E-state index contributed by atoms with van der Waals surface area (Å²) < 4.78 is 10.7. The number of hydrogen-bond acceptors (Lipinski definition) is 4. The van der Waals surface area contributed by atoms with Crippen molar-refractivity contribution in [3.63, 3.8) is 0 Å². The fraction of sp³-hybridized carbons (Fsp3) is 0.588. The monoisotopic (exact) mass is 306 g/mol. The summed E-state index contributed by atoms with van der Waals surface area (Å²) >= 11 is 0. The van der Waals surface area contributed by atoms with Crippen LogP contribution in [0.25, 0.3) is 0 Å². The van der Waals surface area contributed by atoms with E-state index in [-0.39, 0.29) is 18.1 Å². The number of piperidine rings is 1. The van der Waals surface area contributed by atoms with Crippen LogP contribution >= 0.6 is 0 Å². The van der Waals surface area contributed by atoms with Crippen LogP contribution in [-0.2, 0) is 9.53 Å². The first kappa shape index (κ1) is 16.6. The third kappa shape index (κ3) is 4.13. The molecule has 1 N–H and O–H groups in total. The van der Waals surface area contributed by atoms with Gasteiger partial charge in [0.25, 0.3) is 0 Å². The lowest BCUT2D eigenvalue weighted by Gasteiger charge is -2.35. The average Bonchev–Trinajstić information content (AvgIpc) is 2.55. The molecule has 0 spiro atoms. The molecule has 22 heavy (non-hydrogen) atoms. The minimum atomic E-state index is -0.378. The molecule has 1 aromatic carbocycles. The molecule has 2 rings (SSSR count). The summed E-state index contributed by atoms with van der Waals surface area (Å²) in [7, 11) is 1.70. The zero-order valence-corrected chi connectivity index (χ0v) is 13.7. The van der Waals surface area contributed by atoms with Crippen molar-refractivity contribution in [3.8, 4) is 5.75 Å². The Morgan fingerprint density at radius 2 is 2.05 bits per heavy atom. The lowest BCUT2D eigenvalue weighted by Crippen LogP contribution is -2.47. The number of hydrogen-bond donors (Lipinski definition) is 1. The smallest absolute Gasteiger partial charge is 0.249 e. The molecule has 1 aliphatic heterocycles. The van der Waals surface area contributed by atoms with Crippen LogP contribution in [0, 0.1) is 0 Å². The maximum absolute atomic E-state index is 12.0. The highest BCUT2D eigenvalue weighted by Crippen LogP contribution is 2.29. The summed E-state index contributed by atoms with van der Waals surface area (Å²) in [5, 5.41) is 3.08. The fourth-order valence-electron chi connectivity index (χ4n) is 2.80. The molecule has 0 aromatic heterocycles. The lowest BCUT2D eigenvalue weighted by molar-refractivity contribution is -0.132. The second kappa shape index (κ2) is 8.03. The molecular weight excluding hydrogens is 280 g/mol. The second-order valence-electron chi connectivity index (χ2n) is 5.54. The van der Waals surface area contributed by atoms with Gasteiger partial charge in [-0.1, -0.05) is 12.1 Å². The number of ether oxygens (including phenoxy) is 2. The zero-order valence-electron chi connectivity index (χ0n) is 13.7. The molecule has 1 amide bonds. The molecule has 1 saturated heterocycles. The average molecular weight is 306 g/mol. The van der Waals surface area contributed by atoms with Gasteiger partial charge in [-0.2, -0.15) is 0 Å². The number of nitrogens with one attached hydrogen (secondary N) is 1. The Balaban J connectivity index is 1.86. The Bertz CT molecular complexity index is 485. The summed E-state index contributed by atoms with van der Waals surface area (Å²) in [5.41, 5.74) is 1.12. The number of anilines is 1. The molecule has 0 radical (unpaired) electrons. The van der Waals surface area contributed by atoms with Crippen molar-refractivity contribution in [2.75, 3.05) is 31.7 Å². The van der Waals surface area contributed by atoms with E-state index in [1.165, 1.54) is 0 Å². The van der Waals surface area contributed by atoms with Crippen LogP contribution in [0.1, 0.15) is 26.7 Å². The van der Waals surface area contributed by atoms with Gasteiger partial charge in [0.1, 0.15) is 11.9 Å². The number of amides is 1. The summed E-state index contributed by atoms with van der Waals surface area (Å²) in [6.07, 6.45) is 1.49. The molecule has 0 saturated carbocycles. The first-order valence-corrected chi connectivity index (χ1v) is 7.95. The van der Waals surface area contributed by atoms with Crippen LogP contribution in [0.4, 0.5) is 5.69 Å². The number of para-hydroxylation sites is 2. The predicted molar refractivity (Wildman–Crippen MR) is 87.5 cm³/mol. The largest absolute Gasteiger partial charge is 0.495 e. The van der Waals surface area contributed by atoms with E-state index in [1.807, 2.05) is 25.1 Å². The van der Waals surface area contributed by atoms with Gasteiger partial charge in [-0.3, -0.25) is 4.79 Å². The molecule has 122 valence electrons. The number of benzene rings is 1. The Morgan fingerprint density at radius 1 is 1.36 bits per heavy atom. The highest BCUT2D eigenvalue weighted by Gasteiger charge is 2.24. The normalized spacial score (nSPS) is 17.1. The minimum absolute atomic E-state index is 0.0161. The molecule has 5 nitrogen and oxygen atoms in total. The minimum Gasteiger partial charge on any atom is -0.495 e. The van der Waals surface area contributed by atoms with E-state index in [9.17, 15) is 4.79 Å². The first-order chi connectivity index (χ1) is 10.7. The quantitative estimate of drug-likeness (QED) is 0.875. The van der Waals surface area contributed by atoms with Gasteiger partial charge in [-0.15, -0.1) is 0 Å². The fourth-order valence-corrected chi connectivity index (χ4v) is 2.80. The maximum Gasteiger partial charge on any atom is 0.249 e. The SMILES string of the molecule is CCOC(C)C(=O)NC1CCN(c2ccccc2OC)CC1. The van der Waals surface area contributed by atoms with E-state index in [0.717, 1.165) is 37.4 Å². The third-order valence-corrected chi connectivity index (χ3v) is 4.05. The predicted octanol–water partition coefficient (Wildman–Crippen LogP) is 2.21. The van der Waals surface area contributed by atoms with Gasteiger partial charge >= 0.3 is 0 Å². The summed E-state index contributed by atoms with van der Waals surface area (Å²) in [6.45, 7) is 6.07. The highest BCUT2D eigenvalue weighted by molar-refractivity contribution is 5.80. The zero-order chi connectivity index (χ0) is 15.9. The number of nitrogens with zero attached hydrogens (tertiary/aromatic N) is 1. The van der Waals surface area contributed by atoms with Crippen molar-refractivity contribution < 1.29 is 14.3 Å². The Hall–Kier alpha value is -1.75. The molecule has 1 fully saturated rings. The molecule has 1 heterocycles. The first-order valence-electron chi connectivity index (χ1n) is 7.95. The van der Waals surface area contributed by atoms with Crippen molar-refractivity contribution in [2.45, 2.75) is 38.8 Å². The van der Waals surface area contributed by atoms with Crippen LogP contribution in [0.15, 0.2) is 24.3 Å². The van der Waals surface area contributed by atoms with E-state index >= 15 is 0 Å². The molecule has 5 heteroatoms. The van der Waals surface area contributed by atoms with E-state index in [0.29, 0.717) is 6.61 Å². The van der Waals surface area contributed by atoms with Gasteiger partial charge in [-0.05, 0) is 38.8 Å². The molecule has 1 atom stereocenters. The number of carbonyl (C=O) groups is 1. The van der Waals surface area contributed by atoms with Crippen molar-refractivity contribution in [1.82, 2.24) is 5.32 Å². The van der Waals surface area contributed by atoms with Gasteiger partial charge < -0.3 is 19.7 Å². The highest BCUT2D eigenvalue weighted by atomic mass is 16.5. The maximum atomic E-state index is 12.0. The molecular formula is C17H26N2O3. The second-order valence-corrected chi connectivity index (χ2v) is 5.54. The Morgan fingerprint density at radius 3 is 2.68 bits per heavy atom. The standard InChI is InChI=1S/C17H26N2O3/c1-4-22-13(2)17(20)18-14-9-11-19(12-10-14)15-7-5-6-8-16(15)21-3/h5-8,13-14H,4,9-12H2,1-3H3,(H,18,20). The molecule has 0 aliphatic carbocycles. The van der Waals surface area contributed by atoms with E-state index in [2.05, 4.69) is 16.3 Å².